The SMILES string of the molecule is O=[N+]([O-])c1cnc(NCc2ccccc2OC(F)(F)F)nc1NCC1CCC(NCc2ccc(C(F)(F)F)nc2)CC1. The normalized spacial score (nSPS) is 17.5. The third-order valence-electron chi connectivity index (χ3n) is 6.72. The van der Waals surface area contributed by atoms with Crippen molar-refractivity contribution in [1.82, 2.24) is 20.3 Å². The smallest absolute Gasteiger partial charge is 0.405 e. The Morgan fingerprint density at radius 2 is 1.67 bits per heavy atom. The standard InChI is InChI=1S/C26H27F6N7O3/c27-25(28,29)22-10-7-17(13-34-22)12-33-19-8-5-16(6-9-19)11-35-23-20(39(40)41)15-37-24(38-23)36-14-18-3-1-2-4-21(18)42-26(30,31)32/h1-4,7,10,13,15-16,19,33H,5-6,8-9,11-12,14H2,(H2,35,36,37,38). The zero-order chi connectivity index (χ0) is 30.3. The molecular weight excluding hydrogens is 572 g/mol. The van der Waals surface area contributed by atoms with E-state index in [0.29, 0.717) is 18.7 Å². The van der Waals surface area contributed by atoms with Crippen LogP contribution in [0, 0.1) is 16.0 Å². The van der Waals surface area contributed by atoms with Gasteiger partial charge < -0.3 is 20.7 Å². The van der Waals surface area contributed by atoms with E-state index in [2.05, 4.69) is 35.6 Å². The van der Waals surface area contributed by atoms with Crippen molar-refractivity contribution in [2.45, 2.75) is 57.4 Å². The van der Waals surface area contributed by atoms with E-state index >= 15 is 0 Å². The van der Waals surface area contributed by atoms with E-state index in [1.807, 2.05) is 0 Å². The summed E-state index contributed by atoms with van der Waals surface area (Å²) >= 11 is 0. The number of nitrogens with zero attached hydrogens (tertiary/aromatic N) is 4. The van der Waals surface area contributed by atoms with Gasteiger partial charge in [0.05, 0.1) is 4.92 Å². The molecule has 1 fully saturated rings. The lowest BCUT2D eigenvalue weighted by molar-refractivity contribution is -0.384. The summed E-state index contributed by atoms with van der Waals surface area (Å²) in [6.45, 7) is 0.659. The molecule has 0 aliphatic heterocycles. The van der Waals surface area contributed by atoms with E-state index in [0.717, 1.165) is 37.9 Å². The van der Waals surface area contributed by atoms with Crippen LogP contribution in [0.4, 0.5) is 43.8 Å². The molecule has 3 N–H and O–H groups in total. The number of nitro groups is 1. The van der Waals surface area contributed by atoms with E-state index in [1.165, 1.54) is 30.5 Å². The maximum Gasteiger partial charge on any atom is 0.573 e. The molecular formula is C26H27F6N7O3. The predicted octanol–water partition coefficient (Wildman–Crippen LogP) is 6.07. The fraction of sp³-hybridized carbons (Fsp3) is 0.423. The first-order valence-corrected chi connectivity index (χ1v) is 13.0. The molecule has 42 heavy (non-hydrogen) atoms. The van der Waals surface area contributed by atoms with Gasteiger partial charge in [0.25, 0.3) is 0 Å². The van der Waals surface area contributed by atoms with Gasteiger partial charge in [-0.2, -0.15) is 18.2 Å². The van der Waals surface area contributed by atoms with Crippen molar-refractivity contribution in [3.63, 3.8) is 0 Å². The van der Waals surface area contributed by atoms with Crippen molar-refractivity contribution in [2.24, 2.45) is 5.92 Å². The molecule has 10 nitrogen and oxygen atoms in total. The van der Waals surface area contributed by atoms with Crippen LogP contribution in [0.1, 0.15) is 42.5 Å². The highest BCUT2D eigenvalue weighted by atomic mass is 19.4. The minimum absolute atomic E-state index is 0.0180. The number of nitrogens with one attached hydrogen (secondary N) is 3. The number of hydrogen-bond acceptors (Lipinski definition) is 9. The number of alkyl halides is 6. The Bertz CT molecular complexity index is 1350. The van der Waals surface area contributed by atoms with Gasteiger partial charge in [0.1, 0.15) is 17.6 Å². The van der Waals surface area contributed by atoms with Crippen molar-refractivity contribution in [3.05, 3.63) is 75.7 Å². The molecule has 0 unspecified atom stereocenters. The third kappa shape index (κ3) is 8.89. The lowest BCUT2D eigenvalue weighted by Crippen LogP contribution is -2.34. The van der Waals surface area contributed by atoms with Crippen LogP contribution in [0.5, 0.6) is 5.75 Å². The van der Waals surface area contributed by atoms with Crippen LogP contribution in [0.3, 0.4) is 0 Å². The maximum absolute atomic E-state index is 12.7. The lowest BCUT2D eigenvalue weighted by atomic mass is 9.86. The van der Waals surface area contributed by atoms with Crippen LogP contribution in [0.2, 0.25) is 0 Å². The fourth-order valence-corrected chi connectivity index (χ4v) is 4.54. The molecule has 1 aliphatic rings. The van der Waals surface area contributed by atoms with Crippen LogP contribution < -0.4 is 20.7 Å². The van der Waals surface area contributed by atoms with E-state index < -0.39 is 23.2 Å². The molecule has 2 aromatic heterocycles. The highest BCUT2D eigenvalue weighted by molar-refractivity contribution is 5.57. The van der Waals surface area contributed by atoms with Crippen LogP contribution in [0.15, 0.2) is 48.8 Å². The third-order valence-corrected chi connectivity index (χ3v) is 6.72. The number of ether oxygens (including phenoxy) is 1. The van der Waals surface area contributed by atoms with Crippen molar-refractivity contribution in [1.29, 1.82) is 0 Å². The highest BCUT2D eigenvalue weighted by Gasteiger charge is 2.33. The molecule has 0 atom stereocenters. The number of hydrogen-bond donors (Lipinski definition) is 3. The first kappa shape index (κ1) is 30.7. The number of pyridine rings is 1. The van der Waals surface area contributed by atoms with Crippen LogP contribution >= 0.6 is 0 Å². The van der Waals surface area contributed by atoms with Gasteiger partial charge in [-0.05, 0) is 49.3 Å². The molecule has 226 valence electrons. The second-order valence-electron chi connectivity index (χ2n) is 9.72. The fourth-order valence-electron chi connectivity index (χ4n) is 4.54. The Hall–Kier alpha value is -4.21. The number of para-hydroxylation sites is 1. The monoisotopic (exact) mass is 599 g/mol. The van der Waals surface area contributed by atoms with Gasteiger partial charge in [-0.1, -0.05) is 24.3 Å². The van der Waals surface area contributed by atoms with Crippen LogP contribution in [-0.4, -0.2) is 38.8 Å². The Balaban J connectivity index is 1.28. The Morgan fingerprint density at radius 1 is 0.929 bits per heavy atom. The minimum atomic E-state index is -4.87. The number of rotatable bonds is 11. The largest absolute Gasteiger partial charge is 0.573 e. The van der Waals surface area contributed by atoms with E-state index in [1.54, 1.807) is 6.07 Å². The van der Waals surface area contributed by atoms with Gasteiger partial charge in [0.2, 0.25) is 11.8 Å². The maximum atomic E-state index is 12.7. The molecule has 0 amide bonds. The molecule has 0 spiro atoms. The first-order chi connectivity index (χ1) is 19.9. The highest BCUT2D eigenvalue weighted by Crippen LogP contribution is 2.30. The van der Waals surface area contributed by atoms with Gasteiger partial charge in [-0.25, -0.2) is 4.98 Å². The van der Waals surface area contributed by atoms with Crippen molar-refractivity contribution in [3.8, 4) is 5.75 Å². The second kappa shape index (κ2) is 13.2. The van der Waals surface area contributed by atoms with Gasteiger partial charge in [-0.3, -0.25) is 15.1 Å². The summed E-state index contributed by atoms with van der Waals surface area (Å²) in [5, 5.41) is 20.6. The average molecular weight is 600 g/mol. The summed E-state index contributed by atoms with van der Waals surface area (Å²) in [6.07, 6.45) is -3.91. The second-order valence-corrected chi connectivity index (χ2v) is 9.72. The van der Waals surface area contributed by atoms with E-state index in [4.69, 9.17) is 0 Å². The molecule has 1 aliphatic carbocycles. The number of benzene rings is 1. The van der Waals surface area contributed by atoms with Gasteiger partial charge in [0, 0.05) is 37.4 Å². The van der Waals surface area contributed by atoms with Gasteiger partial charge >= 0.3 is 18.2 Å². The average Bonchev–Trinajstić information content (AvgIpc) is 2.94. The molecule has 16 heteroatoms. The van der Waals surface area contributed by atoms with Crippen molar-refractivity contribution in [2.75, 3.05) is 17.2 Å². The molecule has 2 heterocycles. The molecule has 0 saturated heterocycles. The molecule has 1 aromatic carbocycles. The Morgan fingerprint density at radius 3 is 2.31 bits per heavy atom. The zero-order valence-corrected chi connectivity index (χ0v) is 22.0. The van der Waals surface area contributed by atoms with Gasteiger partial charge in [0.15, 0.2) is 0 Å². The molecule has 3 aromatic rings. The summed E-state index contributed by atoms with van der Waals surface area (Å²) in [7, 11) is 0. The zero-order valence-electron chi connectivity index (χ0n) is 22.0. The molecule has 1 saturated carbocycles. The quantitative estimate of drug-likeness (QED) is 0.137. The van der Waals surface area contributed by atoms with Crippen LogP contribution in [-0.2, 0) is 19.3 Å². The number of anilines is 2. The van der Waals surface area contributed by atoms with Gasteiger partial charge in [-0.15, -0.1) is 13.2 Å². The lowest BCUT2D eigenvalue weighted by Gasteiger charge is -2.29. The number of halogens is 6. The number of aromatic nitrogens is 3. The predicted molar refractivity (Wildman–Crippen MR) is 139 cm³/mol. The van der Waals surface area contributed by atoms with E-state index in [9.17, 15) is 36.5 Å². The summed E-state index contributed by atoms with van der Waals surface area (Å²) in [5.41, 5.74) is -0.455. The summed E-state index contributed by atoms with van der Waals surface area (Å²) in [6, 6.07) is 8.06. The summed E-state index contributed by atoms with van der Waals surface area (Å²) in [5.74, 6) is -0.241. The van der Waals surface area contributed by atoms with E-state index in [-0.39, 0.29) is 47.3 Å². The Kier molecular flexibility index (Phi) is 9.65. The Labute approximate surface area is 236 Å². The first-order valence-electron chi connectivity index (χ1n) is 13.0. The van der Waals surface area contributed by atoms with Crippen molar-refractivity contribution < 1.29 is 36.0 Å². The molecule has 0 radical (unpaired) electrons. The van der Waals surface area contributed by atoms with Crippen LogP contribution in [0.25, 0.3) is 0 Å². The minimum Gasteiger partial charge on any atom is -0.405 e. The summed E-state index contributed by atoms with van der Waals surface area (Å²) in [4.78, 5) is 22.4. The van der Waals surface area contributed by atoms with Crippen molar-refractivity contribution >= 4 is 17.5 Å². The topological polar surface area (TPSA) is 127 Å². The molecule has 4 rings (SSSR count). The summed E-state index contributed by atoms with van der Waals surface area (Å²) < 4.78 is 80.2. The molecule has 0 bridgehead atoms.